The van der Waals surface area contributed by atoms with Crippen molar-refractivity contribution < 1.29 is 14.3 Å². The van der Waals surface area contributed by atoms with E-state index in [1.165, 1.54) is 0 Å². The molecule has 1 fully saturated rings. The van der Waals surface area contributed by atoms with E-state index in [0.29, 0.717) is 17.9 Å². The van der Waals surface area contributed by atoms with E-state index in [1.54, 1.807) is 19.1 Å². The number of hydrogen-bond donors (Lipinski definition) is 3. The number of nitrogens with zero attached hydrogens (tertiary/aromatic N) is 2. The van der Waals surface area contributed by atoms with Gasteiger partial charge in [0.15, 0.2) is 5.11 Å². The van der Waals surface area contributed by atoms with E-state index in [2.05, 4.69) is 32.8 Å². The van der Waals surface area contributed by atoms with Crippen molar-refractivity contribution in [3.63, 3.8) is 0 Å². The van der Waals surface area contributed by atoms with Crippen LogP contribution < -0.4 is 16.0 Å². The number of benzene rings is 1. The minimum Gasteiger partial charge on any atom is -0.450 e. The second kappa shape index (κ2) is 11.7. The first kappa shape index (κ1) is 23.1. The van der Waals surface area contributed by atoms with E-state index in [1.807, 2.05) is 12.1 Å². The minimum atomic E-state index is -0.624. The zero-order chi connectivity index (χ0) is 18.9. The van der Waals surface area contributed by atoms with Crippen LogP contribution in [0.1, 0.15) is 6.92 Å². The Morgan fingerprint density at radius 3 is 2.30 bits per heavy atom. The zero-order valence-electron chi connectivity index (χ0n) is 15.5. The van der Waals surface area contributed by atoms with E-state index in [4.69, 9.17) is 17.0 Å². The number of piperazine rings is 1. The van der Waals surface area contributed by atoms with Gasteiger partial charge in [0, 0.05) is 26.2 Å². The lowest BCUT2D eigenvalue weighted by molar-refractivity contribution is -0.117. The van der Waals surface area contributed by atoms with Crippen LogP contribution in [-0.4, -0.2) is 73.3 Å². The fraction of sp³-hybridized carbons (Fsp3) is 0.471. The Kier molecular flexibility index (Phi) is 10.0. The summed E-state index contributed by atoms with van der Waals surface area (Å²) in [5.74, 6) is -0.0897. The van der Waals surface area contributed by atoms with E-state index in [-0.39, 0.29) is 30.0 Å². The molecule has 0 aliphatic carbocycles. The number of anilines is 2. The smallest absolute Gasteiger partial charge is 0.413 e. The van der Waals surface area contributed by atoms with E-state index in [9.17, 15) is 9.59 Å². The van der Waals surface area contributed by atoms with Crippen LogP contribution in [0, 0.1) is 0 Å². The number of amides is 2. The number of alkyl carbamates (subject to hydrolysis) is 1. The molecular formula is C17H26ClN5O3S. The Balaban J connectivity index is 0.00000364. The van der Waals surface area contributed by atoms with E-state index >= 15 is 0 Å². The highest BCUT2D eigenvalue weighted by Crippen LogP contribution is 2.21. The largest absolute Gasteiger partial charge is 0.450 e. The molecule has 2 rings (SSSR count). The van der Waals surface area contributed by atoms with Gasteiger partial charge >= 0.3 is 6.09 Å². The van der Waals surface area contributed by atoms with Crippen molar-refractivity contribution in [3.8, 4) is 0 Å². The lowest BCUT2D eigenvalue weighted by atomic mass is 10.2. The molecular weight excluding hydrogens is 390 g/mol. The Morgan fingerprint density at radius 1 is 1.11 bits per heavy atom. The third kappa shape index (κ3) is 8.08. The number of para-hydroxylation sites is 2. The molecule has 0 spiro atoms. The molecule has 0 aromatic heterocycles. The van der Waals surface area contributed by atoms with Crippen LogP contribution in [0.2, 0.25) is 0 Å². The van der Waals surface area contributed by atoms with E-state index < -0.39 is 6.09 Å². The van der Waals surface area contributed by atoms with Gasteiger partial charge in [0.1, 0.15) is 0 Å². The van der Waals surface area contributed by atoms with Crippen molar-refractivity contribution in [1.82, 2.24) is 15.1 Å². The number of ether oxygens (including phenoxy) is 1. The Morgan fingerprint density at radius 2 is 1.70 bits per heavy atom. The molecule has 150 valence electrons. The molecule has 0 unspecified atom stereocenters. The SMILES string of the molecule is CCOC(=O)NC(=S)Nc1ccccc1NC(=O)CN1CCN(C)CC1.Cl. The van der Waals surface area contributed by atoms with Crippen molar-refractivity contribution in [2.45, 2.75) is 6.92 Å². The summed E-state index contributed by atoms with van der Waals surface area (Å²) in [6.07, 6.45) is -0.624. The van der Waals surface area contributed by atoms with Gasteiger partial charge in [-0.05, 0) is 38.3 Å². The first-order valence-electron chi connectivity index (χ1n) is 8.52. The first-order valence-corrected chi connectivity index (χ1v) is 8.93. The molecule has 1 saturated heterocycles. The number of hydrogen-bond acceptors (Lipinski definition) is 6. The average Bonchev–Trinajstić information content (AvgIpc) is 2.59. The maximum atomic E-state index is 12.3. The molecule has 27 heavy (non-hydrogen) atoms. The van der Waals surface area contributed by atoms with Crippen LogP contribution in [0.15, 0.2) is 24.3 Å². The Labute approximate surface area is 171 Å². The molecule has 2 amide bonds. The highest BCUT2D eigenvalue weighted by Gasteiger charge is 2.17. The van der Waals surface area contributed by atoms with Crippen LogP contribution >= 0.6 is 24.6 Å². The minimum absolute atomic E-state index is 0. The Hall–Kier alpha value is -1.94. The second-order valence-corrected chi connectivity index (χ2v) is 6.38. The molecule has 0 saturated carbocycles. The molecule has 1 aliphatic heterocycles. The summed E-state index contributed by atoms with van der Waals surface area (Å²) in [7, 11) is 2.08. The highest BCUT2D eigenvalue weighted by molar-refractivity contribution is 7.80. The second-order valence-electron chi connectivity index (χ2n) is 5.97. The van der Waals surface area contributed by atoms with Gasteiger partial charge < -0.3 is 20.3 Å². The highest BCUT2D eigenvalue weighted by atomic mass is 35.5. The molecule has 1 aromatic rings. The van der Waals surface area contributed by atoms with Crippen molar-refractivity contribution in [3.05, 3.63) is 24.3 Å². The normalized spacial score (nSPS) is 14.6. The molecule has 1 heterocycles. The number of nitrogens with one attached hydrogen (secondary N) is 3. The Bertz CT molecular complexity index is 653. The quantitative estimate of drug-likeness (QED) is 0.631. The van der Waals surface area contributed by atoms with Gasteiger partial charge in [-0.15, -0.1) is 12.4 Å². The summed E-state index contributed by atoms with van der Waals surface area (Å²) in [5.41, 5.74) is 1.20. The summed E-state index contributed by atoms with van der Waals surface area (Å²) >= 11 is 5.09. The fourth-order valence-corrected chi connectivity index (χ4v) is 2.71. The van der Waals surface area contributed by atoms with Crippen molar-refractivity contribution in [2.24, 2.45) is 0 Å². The molecule has 0 bridgehead atoms. The van der Waals surface area contributed by atoms with Gasteiger partial charge in [-0.2, -0.15) is 0 Å². The number of rotatable bonds is 5. The number of carbonyl (C=O) groups is 2. The topological polar surface area (TPSA) is 85.9 Å². The summed E-state index contributed by atoms with van der Waals surface area (Å²) < 4.78 is 4.78. The molecule has 8 nitrogen and oxygen atoms in total. The van der Waals surface area contributed by atoms with Crippen LogP contribution in [0.4, 0.5) is 16.2 Å². The molecule has 0 radical (unpaired) electrons. The lowest BCUT2D eigenvalue weighted by Crippen LogP contribution is -2.47. The van der Waals surface area contributed by atoms with Crippen LogP contribution in [0.3, 0.4) is 0 Å². The average molecular weight is 416 g/mol. The first-order chi connectivity index (χ1) is 12.5. The molecule has 1 aromatic carbocycles. The maximum Gasteiger partial charge on any atom is 0.413 e. The van der Waals surface area contributed by atoms with Gasteiger partial charge in [-0.1, -0.05) is 12.1 Å². The van der Waals surface area contributed by atoms with Gasteiger partial charge in [0.05, 0.1) is 24.5 Å². The molecule has 3 N–H and O–H groups in total. The molecule has 1 aliphatic rings. The van der Waals surface area contributed by atoms with Crippen molar-refractivity contribution in [2.75, 3.05) is 57.0 Å². The zero-order valence-corrected chi connectivity index (χ0v) is 17.1. The summed E-state index contributed by atoms with van der Waals surface area (Å²) in [6.45, 7) is 5.97. The van der Waals surface area contributed by atoms with Crippen molar-refractivity contribution >= 4 is 53.1 Å². The summed E-state index contributed by atoms with van der Waals surface area (Å²) in [6, 6.07) is 7.17. The third-order valence-electron chi connectivity index (χ3n) is 3.90. The van der Waals surface area contributed by atoms with Crippen molar-refractivity contribution in [1.29, 1.82) is 0 Å². The molecule has 10 heteroatoms. The maximum absolute atomic E-state index is 12.3. The van der Waals surface area contributed by atoms with Crippen LogP contribution in [0.5, 0.6) is 0 Å². The van der Waals surface area contributed by atoms with Gasteiger partial charge in [-0.25, -0.2) is 4.79 Å². The van der Waals surface area contributed by atoms with Gasteiger partial charge in [0.25, 0.3) is 0 Å². The summed E-state index contributed by atoms with van der Waals surface area (Å²) in [4.78, 5) is 28.1. The van der Waals surface area contributed by atoms with Gasteiger partial charge in [-0.3, -0.25) is 15.0 Å². The monoisotopic (exact) mass is 415 g/mol. The van der Waals surface area contributed by atoms with Crippen LogP contribution in [0.25, 0.3) is 0 Å². The lowest BCUT2D eigenvalue weighted by Gasteiger charge is -2.31. The summed E-state index contributed by atoms with van der Waals surface area (Å²) in [5, 5.41) is 8.31. The predicted molar refractivity (Wildman–Crippen MR) is 113 cm³/mol. The number of thiocarbonyl (C=S) groups is 1. The third-order valence-corrected chi connectivity index (χ3v) is 4.11. The van der Waals surface area contributed by atoms with E-state index in [0.717, 1.165) is 26.2 Å². The standard InChI is InChI=1S/C17H25N5O3S.ClH/c1-3-25-17(24)20-16(26)19-14-7-5-4-6-13(14)18-15(23)12-22-10-8-21(2)9-11-22;/h4-7H,3,8-12H2,1-2H3,(H,18,23)(H2,19,20,24,26);1H. The number of halogens is 1. The fourth-order valence-electron chi connectivity index (χ4n) is 2.51. The van der Waals surface area contributed by atoms with Gasteiger partial charge in [0.2, 0.25) is 5.91 Å². The van der Waals surface area contributed by atoms with Crippen LogP contribution in [-0.2, 0) is 9.53 Å². The number of carbonyl (C=O) groups excluding carboxylic acids is 2. The predicted octanol–water partition coefficient (Wildman–Crippen LogP) is 1.74. The number of likely N-dealkylation sites (N-methyl/N-ethyl adjacent to an activating group) is 1. The molecule has 0 atom stereocenters.